The molecule has 0 spiro atoms. The molecule has 0 saturated heterocycles. The highest BCUT2D eigenvalue weighted by Crippen LogP contribution is 2.57. The van der Waals surface area contributed by atoms with Crippen LogP contribution in [-0.4, -0.2) is 22.2 Å². The zero-order valence-corrected chi connectivity index (χ0v) is 7.86. The lowest BCUT2D eigenvalue weighted by molar-refractivity contribution is -0.155. The number of fused-ring (bicyclic) bond motifs is 2. The van der Waals surface area contributed by atoms with Gasteiger partial charge in [0.05, 0.1) is 11.8 Å². The summed E-state index contributed by atoms with van der Waals surface area (Å²) in [6, 6.07) is 0. The minimum Gasteiger partial charge on any atom is -0.481 e. The minimum absolute atomic E-state index is 0.371. The average molecular weight is 196 g/mol. The monoisotopic (exact) mass is 196 g/mol. The smallest absolute Gasteiger partial charge is 0.311 e. The number of allylic oxidation sites excluding steroid dienone is 1. The van der Waals surface area contributed by atoms with Crippen molar-refractivity contribution < 1.29 is 19.8 Å². The number of rotatable bonds is 2. The van der Waals surface area contributed by atoms with E-state index in [0.717, 1.165) is 5.57 Å². The second-order valence-corrected chi connectivity index (χ2v) is 4.45. The molecule has 14 heavy (non-hydrogen) atoms. The molecular formula is C10H12O4. The van der Waals surface area contributed by atoms with E-state index in [4.69, 9.17) is 10.2 Å². The van der Waals surface area contributed by atoms with Gasteiger partial charge in [0.15, 0.2) is 0 Å². The van der Waals surface area contributed by atoms with Crippen LogP contribution < -0.4 is 0 Å². The Balaban J connectivity index is 2.42. The lowest BCUT2D eigenvalue weighted by atomic mass is 9.73. The van der Waals surface area contributed by atoms with Crippen molar-refractivity contribution in [1.29, 1.82) is 0 Å². The van der Waals surface area contributed by atoms with E-state index in [2.05, 4.69) is 0 Å². The van der Waals surface area contributed by atoms with E-state index in [0.29, 0.717) is 12.8 Å². The third-order valence-electron chi connectivity index (χ3n) is 3.45. The largest absolute Gasteiger partial charge is 0.481 e. The summed E-state index contributed by atoms with van der Waals surface area (Å²) >= 11 is 0. The van der Waals surface area contributed by atoms with Gasteiger partial charge in [-0.05, 0) is 18.3 Å². The molecule has 3 unspecified atom stereocenters. The Morgan fingerprint density at radius 1 is 1.43 bits per heavy atom. The van der Waals surface area contributed by atoms with Crippen molar-refractivity contribution in [3.63, 3.8) is 0 Å². The Morgan fingerprint density at radius 3 is 2.50 bits per heavy atom. The van der Waals surface area contributed by atoms with Crippen molar-refractivity contribution in [2.24, 2.45) is 17.3 Å². The highest BCUT2D eigenvalue weighted by Gasteiger charge is 2.57. The van der Waals surface area contributed by atoms with Crippen LogP contribution in [0.15, 0.2) is 11.6 Å². The summed E-state index contributed by atoms with van der Waals surface area (Å²) in [6.45, 7) is 1.86. The Labute approximate surface area is 81.2 Å². The van der Waals surface area contributed by atoms with Gasteiger partial charge in [0.2, 0.25) is 0 Å². The number of aliphatic carboxylic acids is 2. The maximum Gasteiger partial charge on any atom is 0.311 e. The minimum atomic E-state index is -1.01. The van der Waals surface area contributed by atoms with Crippen LogP contribution in [0, 0.1) is 17.3 Å². The molecule has 3 atom stereocenters. The number of carboxylic acid groups (broad SMARTS) is 2. The fraction of sp³-hybridized carbons (Fsp3) is 0.600. The third-order valence-corrected chi connectivity index (χ3v) is 3.45. The molecule has 0 aromatic heterocycles. The Hall–Kier alpha value is -1.32. The molecule has 0 heterocycles. The van der Waals surface area contributed by atoms with Gasteiger partial charge in [-0.25, -0.2) is 0 Å². The molecule has 0 amide bonds. The number of carboxylic acids is 2. The maximum atomic E-state index is 11.0. The molecule has 0 aromatic carbocycles. The first kappa shape index (κ1) is 9.24. The summed E-state index contributed by atoms with van der Waals surface area (Å²) in [5.74, 6) is -3.54. The molecule has 1 fully saturated rings. The first-order valence-electron chi connectivity index (χ1n) is 4.60. The van der Waals surface area contributed by atoms with Crippen LogP contribution in [0.2, 0.25) is 0 Å². The van der Waals surface area contributed by atoms with Gasteiger partial charge in [0.25, 0.3) is 0 Å². The van der Waals surface area contributed by atoms with Gasteiger partial charge in [-0.2, -0.15) is 0 Å². The predicted octanol–water partition coefficient (Wildman–Crippen LogP) is 1.13. The number of hydrogen-bond donors (Lipinski definition) is 2. The van der Waals surface area contributed by atoms with E-state index in [1.54, 1.807) is 0 Å². The molecular weight excluding hydrogens is 184 g/mol. The fourth-order valence-corrected chi connectivity index (χ4v) is 2.81. The molecule has 4 heteroatoms. The van der Waals surface area contributed by atoms with E-state index in [1.165, 1.54) is 0 Å². The van der Waals surface area contributed by atoms with Crippen LogP contribution in [0.3, 0.4) is 0 Å². The van der Waals surface area contributed by atoms with Crippen LogP contribution in [-0.2, 0) is 9.59 Å². The first-order valence-corrected chi connectivity index (χ1v) is 4.60. The Bertz CT molecular complexity index is 344. The standard InChI is InChI=1S/C10H12O4/c1-10-3-2-5(4-10)6(8(11)12)7(10)9(13)14/h2,6-7H,3-4H2,1H3,(H,11,12)(H,13,14). The van der Waals surface area contributed by atoms with Gasteiger partial charge in [-0.1, -0.05) is 18.6 Å². The van der Waals surface area contributed by atoms with Gasteiger partial charge >= 0.3 is 11.9 Å². The molecule has 76 valence electrons. The quantitative estimate of drug-likeness (QED) is 0.649. The summed E-state index contributed by atoms with van der Waals surface area (Å²) in [7, 11) is 0. The molecule has 0 radical (unpaired) electrons. The van der Waals surface area contributed by atoms with E-state index in [1.807, 2.05) is 13.0 Å². The maximum absolute atomic E-state index is 11.0. The van der Waals surface area contributed by atoms with E-state index < -0.39 is 23.8 Å². The van der Waals surface area contributed by atoms with Gasteiger partial charge in [0, 0.05) is 0 Å². The zero-order chi connectivity index (χ0) is 10.5. The summed E-state index contributed by atoms with van der Waals surface area (Å²) in [5, 5.41) is 18.0. The topological polar surface area (TPSA) is 74.6 Å². The van der Waals surface area contributed by atoms with Gasteiger partial charge in [0.1, 0.15) is 0 Å². The van der Waals surface area contributed by atoms with Crippen molar-refractivity contribution >= 4 is 11.9 Å². The first-order chi connectivity index (χ1) is 6.46. The molecule has 4 nitrogen and oxygen atoms in total. The van der Waals surface area contributed by atoms with E-state index in [-0.39, 0.29) is 5.41 Å². The molecule has 2 rings (SSSR count). The summed E-state index contributed by atoms with van der Waals surface area (Å²) in [4.78, 5) is 22.0. The van der Waals surface area contributed by atoms with Crippen molar-refractivity contribution in [2.75, 3.05) is 0 Å². The predicted molar refractivity (Wildman–Crippen MR) is 47.7 cm³/mol. The highest BCUT2D eigenvalue weighted by molar-refractivity contribution is 5.85. The second kappa shape index (κ2) is 2.59. The van der Waals surface area contributed by atoms with Crippen molar-refractivity contribution in [3.05, 3.63) is 11.6 Å². The van der Waals surface area contributed by atoms with Crippen molar-refractivity contribution in [1.82, 2.24) is 0 Å². The van der Waals surface area contributed by atoms with Gasteiger partial charge < -0.3 is 10.2 Å². The Kier molecular flexibility index (Phi) is 1.71. The van der Waals surface area contributed by atoms with Crippen LogP contribution in [0.25, 0.3) is 0 Å². The molecule has 2 aliphatic rings. The molecule has 0 aliphatic heterocycles. The average Bonchev–Trinajstić information content (AvgIpc) is 2.55. The molecule has 0 aromatic rings. The normalized spacial score (nSPS) is 39.6. The summed E-state index contributed by atoms with van der Waals surface area (Å²) in [5.41, 5.74) is 0.428. The lowest BCUT2D eigenvalue weighted by Crippen LogP contribution is -2.36. The zero-order valence-electron chi connectivity index (χ0n) is 7.86. The highest BCUT2D eigenvalue weighted by atomic mass is 16.4. The van der Waals surface area contributed by atoms with E-state index in [9.17, 15) is 9.59 Å². The van der Waals surface area contributed by atoms with Crippen molar-refractivity contribution in [3.8, 4) is 0 Å². The van der Waals surface area contributed by atoms with Crippen molar-refractivity contribution in [2.45, 2.75) is 19.8 Å². The van der Waals surface area contributed by atoms with Gasteiger partial charge in [-0.15, -0.1) is 0 Å². The van der Waals surface area contributed by atoms with Crippen LogP contribution in [0.1, 0.15) is 19.8 Å². The van der Waals surface area contributed by atoms with Crippen LogP contribution >= 0.6 is 0 Å². The molecule has 2 N–H and O–H groups in total. The molecule has 2 bridgehead atoms. The third kappa shape index (κ3) is 0.997. The second-order valence-electron chi connectivity index (χ2n) is 4.45. The lowest BCUT2D eigenvalue weighted by Gasteiger charge is -2.29. The fourth-order valence-electron chi connectivity index (χ4n) is 2.81. The Morgan fingerprint density at radius 2 is 2.07 bits per heavy atom. The van der Waals surface area contributed by atoms with Gasteiger partial charge in [-0.3, -0.25) is 9.59 Å². The van der Waals surface area contributed by atoms with E-state index >= 15 is 0 Å². The SMILES string of the molecule is CC12CC=C(C1)C(C(=O)O)C2C(=O)O. The van der Waals surface area contributed by atoms with Crippen LogP contribution in [0.4, 0.5) is 0 Å². The summed E-state index contributed by atoms with van der Waals surface area (Å²) < 4.78 is 0. The molecule has 1 saturated carbocycles. The summed E-state index contributed by atoms with van der Waals surface area (Å²) in [6.07, 6.45) is 3.21. The van der Waals surface area contributed by atoms with Crippen LogP contribution in [0.5, 0.6) is 0 Å². The number of carbonyl (C=O) groups is 2. The molecule has 2 aliphatic carbocycles. The number of hydrogen-bond acceptors (Lipinski definition) is 2.